The zero-order valence-corrected chi connectivity index (χ0v) is 10.2. The number of hydrogen-bond donors (Lipinski definition) is 1. The summed E-state index contributed by atoms with van der Waals surface area (Å²) in [7, 11) is 1.66. The topological polar surface area (TPSA) is 44.5 Å². The van der Waals surface area contributed by atoms with Crippen molar-refractivity contribution in [3.05, 3.63) is 28.2 Å². The Morgan fingerprint density at radius 1 is 1.53 bits per heavy atom. The molecule has 0 amide bonds. The Morgan fingerprint density at radius 2 is 2.33 bits per heavy atom. The monoisotopic (exact) mass is 271 g/mol. The van der Waals surface area contributed by atoms with Crippen molar-refractivity contribution in [2.75, 3.05) is 13.7 Å². The molecule has 0 saturated carbocycles. The van der Waals surface area contributed by atoms with Gasteiger partial charge in [-0.25, -0.2) is 0 Å². The minimum absolute atomic E-state index is 0.0440. The Kier molecular flexibility index (Phi) is 3.29. The fourth-order valence-electron chi connectivity index (χ4n) is 1.85. The normalized spacial score (nSPS) is 25.5. The van der Waals surface area contributed by atoms with Gasteiger partial charge in [0.15, 0.2) is 0 Å². The molecule has 0 radical (unpaired) electrons. The summed E-state index contributed by atoms with van der Waals surface area (Å²) in [5, 5.41) is 0. The third kappa shape index (κ3) is 2.17. The second kappa shape index (κ2) is 4.51. The molecule has 2 N–H and O–H groups in total. The highest BCUT2D eigenvalue weighted by Gasteiger charge is 2.28. The van der Waals surface area contributed by atoms with Crippen molar-refractivity contribution in [1.29, 1.82) is 0 Å². The van der Waals surface area contributed by atoms with Crippen LogP contribution in [-0.4, -0.2) is 19.8 Å². The molecule has 1 saturated heterocycles. The zero-order chi connectivity index (χ0) is 10.8. The van der Waals surface area contributed by atoms with Gasteiger partial charge in [0, 0.05) is 22.7 Å². The number of rotatable bonds is 2. The van der Waals surface area contributed by atoms with Crippen LogP contribution in [0.3, 0.4) is 0 Å². The van der Waals surface area contributed by atoms with Gasteiger partial charge in [0.1, 0.15) is 11.9 Å². The lowest BCUT2D eigenvalue weighted by molar-refractivity contribution is 0.103. The lowest BCUT2D eigenvalue weighted by Crippen LogP contribution is -2.23. The molecule has 2 unspecified atom stereocenters. The third-order valence-electron chi connectivity index (χ3n) is 2.64. The van der Waals surface area contributed by atoms with Crippen molar-refractivity contribution in [1.82, 2.24) is 0 Å². The predicted molar refractivity (Wildman–Crippen MR) is 62.0 cm³/mol. The van der Waals surface area contributed by atoms with Crippen molar-refractivity contribution >= 4 is 15.9 Å². The number of hydrogen-bond acceptors (Lipinski definition) is 3. The van der Waals surface area contributed by atoms with E-state index in [0.717, 1.165) is 28.8 Å². The number of benzene rings is 1. The van der Waals surface area contributed by atoms with E-state index in [1.54, 1.807) is 7.11 Å². The van der Waals surface area contributed by atoms with Gasteiger partial charge in [0.05, 0.1) is 7.11 Å². The van der Waals surface area contributed by atoms with Gasteiger partial charge < -0.3 is 15.2 Å². The van der Waals surface area contributed by atoms with Crippen LogP contribution >= 0.6 is 15.9 Å². The second-order valence-electron chi connectivity index (χ2n) is 3.63. The Hall–Kier alpha value is -0.580. The van der Waals surface area contributed by atoms with E-state index in [0.29, 0.717) is 0 Å². The van der Waals surface area contributed by atoms with E-state index < -0.39 is 0 Å². The Balaban J connectivity index is 2.36. The van der Waals surface area contributed by atoms with E-state index >= 15 is 0 Å². The molecule has 0 aromatic heterocycles. The first kappa shape index (κ1) is 10.9. The maximum absolute atomic E-state index is 5.99. The molecule has 82 valence electrons. The molecular formula is C11H14BrNO2. The summed E-state index contributed by atoms with van der Waals surface area (Å²) in [6.45, 7) is 0.724. The van der Waals surface area contributed by atoms with E-state index in [1.807, 2.05) is 18.2 Å². The molecule has 3 nitrogen and oxygen atoms in total. The summed E-state index contributed by atoms with van der Waals surface area (Å²) in [6.07, 6.45) is 0.859. The van der Waals surface area contributed by atoms with Crippen LogP contribution in [0.1, 0.15) is 18.1 Å². The maximum atomic E-state index is 5.99. The SMILES string of the molecule is COc1ccc(Br)cc1C1OCCC1N. The minimum Gasteiger partial charge on any atom is -0.496 e. The lowest BCUT2D eigenvalue weighted by atomic mass is 10.0. The van der Waals surface area contributed by atoms with Crippen LogP contribution in [0.5, 0.6) is 5.75 Å². The molecule has 0 bridgehead atoms. The molecule has 1 aliphatic rings. The predicted octanol–water partition coefficient (Wildman–Crippen LogP) is 2.25. The molecule has 1 aliphatic heterocycles. The van der Waals surface area contributed by atoms with Gasteiger partial charge in [0.2, 0.25) is 0 Å². The number of methoxy groups -OCH3 is 1. The van der Waals surface area contributed by atoms with Gasteiger partial charge in [-0.15, -0.1) is 0 Å². The first-order chi connectivity index (χ1) is 7.22. The highest BCUT2D eigenvalue weighted by atomic mass is 79.9. The zero-order valence-electron chi connectivity index (χ0n) is 8.57. The molecule has 1 aromatic carbocycles. The van der Waals surface area contributed by atoms with E-state index in [9.17, 15) is 0 Å². The van der Waals surface area contributed by atoms with Crippen LogP contribution in [0.25, 0.3) is 0 Å². The molecule has 0 aliphatic carbocycles. The van der Waals surface area contributed by atoms with Crippen molar-refractivity contribution < 1.29 is 9.47 Å². The molecule has 1 fully saturated rings. The van der Waals surface area contributed by atoms with Gasteiger partial charge in [-0.05, 0) is 24.6 Å². The highest BCUT2D eigenvalue weighted by molar-refractivity contribution is 9.10. The first-order valence-corrected chi connectivity index (χ1v) is 5.72. The van der Waals surface area contributed by atoms with E-state index in [1.165, 1.54) is 0 Å². The van der Waals surface area contributed by atoms with Crippen molar-refractivity contribution in [3.8, 4) is 5.75 Å². The molecule has 1 aromatic rings. The lowest BCUT2D eigenvalue weighted by Gasteiger charge is -2.18. The van der Waals surface area contributed by atoms with Gasteiger partial charge in [-0.3, -0.25) is 0 Å². The summed E-state index contributed by atoms with van der Waals surface area (Å²) in [4.78, 5) is 0. The second-order valence-corrected chi connectivity index (χ2v) is 4.55. The quantitative estimate of drug-likeness (QED) is 0.898. The molecule has 2 atom stereocenters. The Bertz CT molecular complexity index is 356. The van der Waals surface area contributed by atoms with Crippen LogP contribution in [0.2, 0.25) is 0 Å². The molecular weight excluding hydrogens is 258 g/mol. The molecule has 0 spiro atoms. The highest BCUT2D eigenvalue weighted by Crippen LogP contribution is 2.35. The standard InChI is InChI=1S/C11H14BrNO2/c1-14-10-3-2-7(12)6-8(10)11-9(13)4-5-15-11/h2-3,6,9,11H,4-5,13H2,1H3. The fourth-order valence-corrected chi connectivity index (χ4v) is 2.23. The van der Waals surface area contributed by atoms with E-state index in [-0.39, 0.29) is 12.1 Å². The number of ether oxygens (including phenoxy) is 2. The summed E-state index contributed by atoms with van der Waals surface area (Å²) in [6, 6.07) is 5.94. The summed E-state index contributed by atoms with van der Waals surface area (Å²) in [5.74, 6) is 0.834. The summed E-state index contributed by atoms with van der Waals surface area (Å²) in [5.41, 5.74) is 7.01. The van der Waals surface area contributed by atoms with Crippen molar-refractivity contribution in [2.24, 2.45) is 5.73 Å². The Labute approximate surface area is 97.7 Å². The average molecular weight is 272 g/mol. The summed E-state index contributed by atoms with van der Waals surface area (Å²) >= 11 is 3.44. The molecule has 15 heavy (non-hydrogen) atoms. The number of nitrogens with two attached hydrogens (primary N) is 1. The third-order valence-corrected chi connectivity index (χ3v) is 3.13. The number of halogens is 1. The average Bonchev–Trinajstić information content (AvgIpc) is 2.64. The Morgan fingerprint density at radius 3 is 2.93 bits per heavy atom. The molecule has 4 heteroatoms. The van der Waals surface area contributed by atoms with Crippen LogP contribution in [0.4, 0.5) is 0 Å². The maximum Gasteiger partial charge on any atom is 0.124 e. The van der Waals surface area contributed by atoms with Gasteiger partial charge >= 0.3 is 0 Å². The van der Waals surface area contributed by atoms with Crippen LogP contribution < -0.4 is 10.5 Å². The molecule has 1 heterocycles. The van der Waals surface area contributed by atoms with E-state index in [4.69, 9.17) is 15.2 Å². The van der Waals surface area contributed by atoms with Crippen molar-refractivity contribution in [2.45, 2.75) is 18.6 Å². The van der Waals surface area contributed by atoms with Crippen LogP contribution in [-0.2, 0) is 4.74 Å². The van der Waals surface area contributed by atoms with Crippen molar-refractivity contribution in [3.63, 3.8) is 0 Å². The minimum atomic E-state index is -0.0440. The van der Waals surface area contributed by atoms with Gasteiger partial charge in [-0.1, -0.05) is 15.9 Å². The van der Waals surface area contributed by atoms with Crippen LogP contribution in [0, 0.1) is 0 Å². The summed E-state index contributed by atoms with van der Waals surface area (Å²) < 4.78 is 11.9. The van der Waals surface area contributed by atoms with Gasteiger partial charge in [0.25, 0.3) is 0 Å². The smallest absolute Gasteiger partial charge is 0.124 e. The van der Waals surface area contributed by atoms with Crippen LogP contribution in [0.15, 0.2) is 22.7 Å². The van der Waals surface area contributed by atoms with E-state index in [2.05, 4.69) is 15.9 Å². The fraction of sp³-hybridized carbons (Fsp3) is 0.455. The first-order valence-electron chi connectivity index (χ1n) is 4.93. The molecule has 2 rings (SSSR count). The largest absolute Gasteiger partial charge is 0.496 e. The van der Waals surface area contributed by atoms with Gasteiger partial charge in [-0.2, -0.15) is 0 Å².